The molecule has 84 valence electrons. The van der Waals surface area contributed by atoms with Gasteiger partial charge in [-0.3, -0.25) is 0 Å². The van der Waals surface area contributed by atoms with Crippen molar-refractivity contribution in [3.05, 3.63) is 22.2 Å². The zero-order valence-corrected chi connectivity index (χ0v) is 10.4. The fourth-order valence-corrected chi connectivity index (χ4v) is 1.88. The van der Waals surface area contributed by atoms with E-state index in [4.69, 9.17) is 10.5 Å². The Bertz CT molecular complexity index is 329. The van der Waals surface area contributed by atoms with Crippen LogP contribution in [-0.4, -0.2) is 18.8 Å². The summed E-state index contributed by atoms with van der Waals surface area (Å²) in [5.41, 5.74) is 6.32. The highest BCUT2D eigenvalue weighted by Crippen LogP contribution is 2.33. The average molecular weight is 274 g/mol. The Morgan fingerprint density at radius 3 is 2.73 bits per heavy atom. The number of phenols is 1. The minimum Gasteiger partial charge on any atom is -0.506 e. The molecule has 1 rings (SSSR count). The molecule has 1 aromatic carbocycles. The fourth-order valence-electron chi connectivity index (χ4n) is 1.40. The number of phenolic OH excluding ortho intramolecular Hbond substituents is 1. The summed E-state index contributed by atoms with van der Waals surface area (Å²) in [7, 11) is 1.61. The maximum Gasteiger partial charge on any atom is 0.133 e. The van der Waals surface area contributed by atoms with Gasteiger partial charge in [0.1, 0.15) is 11.5 Å². The number of methoxy groups -OCH3 is 1. The summed E-state index contributed by atoms with van der Waals surface area (Å²) in [4.78, 5) is 0. The van der Waals surface area contributed by atoms with E-state index in [1.54, 1.807) is 13.2 Å². The first-order valence-corrected chi connectivity index (χ1v) is 5.73. The third-order valence-corrected chi connectivity index (χ3v) is 2.86. The van der Waals surface area contributed by atoms with E-state index < -0.39 is 0 Å². The number of rotatable bonds is 5. The van der Waals surface area contributed by atoms with E-state index >= 15 is 0 Å². The Labute approximate surface area is 98.4 Å². The predicted molar refractivity (Wildman–Crippen MR) is 64.4 cm³/mol. The molecule has 1 aromatic rings. The zero-order chi connectivity index (χ0) is 11.3. The summed E-state index contributed by atoms with van der Waals surface area (Å²) < 4.78 is 5.80. The second-order valence-corrected chi connectivity index (χ2v) is 4.22. The van der Waals surface area contributed by atoms with Crippen LogP contribution in [0.15, 0.2) is 16.6 Å². The number of ether oxygens (including phenoxy) is 1. The topological polar surface area (TPSA) is 55.5 Å². The van der Waals surface area contributed by atoms with Gasteiger partial charge in [0, 0.05) is 0 Å². The van der Waals surface area contributed by atoms with Crippen molar-refractivity contribution in [3.8, 4) is 11.5 Å². The molecule has 3 N–H and O–H groups in total. The van der Waals surface area contributed by atoms with Gasteiger partial charge in [-0.25, -0.2) is 0 Å². The van der Waals surface area contributed by atoms with Crippen LogP contribution in [0, 0.1) is 0 Å². The van der Waals surface area contributed by atoms with E-state index in [0.717, 1.165) is 30.6 Å². The Hall–Kier alpha value is -0.740. The van der Waals surface area contributed by atoms with Gasteiger partial charge in [-0.1, -0.05) is 0 Å². The van der Waals surface area contributed by atoms with Crippen molar-refractivity contribution in [1.82, 2.24) is 0 Å². The quantitative estimate of drug-likeness (QED) is 0.811. The molecule has 0 aliphatic heterocycles. The summed E-state index contributed by atoms with van der Waals surface area (Å²) in [6.07, 6.45) is 2.76. The highest BCUT2D eigenvalue weighted by molar-refractivity contribution is 9.10. The number of hydrogen-bond donors (Lipinski definition) is 2. The molecular weight excluding hydrogens is 258 g/mol. The molecule has 0 radical (unpaired) electrons. The molecular formula is C11H16BrNO2. The van der Waals surface area contributed by atoms with Crippen molar-refractivity contribution in [3.63, 3.8) is 0 Å². The van der Waals surface area contributed by atoms with E-state index in [-0.39, 0.29) is 0 Å². The van der Waals surface area contributed by atoms with Crippen LogP contribution in [0.3, 0.4) is 0 Å². The van der Waals surface area contributed by atoms with Gasteiger partial charge in [0.15, 0.2) is 0 Å². The first kappa shape index (κ1) is 12.3. The van der Waals surface area contributed by atoms with Crippen LogP contribution in [-0.2, 0) is 6.42 Å². The maximum atomic E-state index is 9.78. The standard InChI is InChI=1S/C11H16BrNO2/c1-15-9-6-8(4-2-3-5-13)11(14)10(12)7-9/h6-7,14H,2-5,13H2,1H3. The lowest BCUT2D eigenvalue weighted by Gasteiger charge is -2.09. The summed E-state index contributed by atoms with van der Waals surface area (Å²) in [6.45, 7) is 0.686. The van der Waals surface area contributed by atoms with E-state index in [2.05, 4.69) is 15.9 Å². The number of unbranched alkanes of at least 4 members (excludes halogenated alkanes) is 1. The van der Waals surface area contributed by atoms with Crippen LogP contribution < -0.4 is 10.5 Å². The van der Waals surface area contributed by atoms with Crippen LogP contribution in [0.5, 0.6) is 11.5 Å². The molecule has 0 amide bonds. The Balaban J connectivity index is 2.80. The largest absolute Gasteiger partial charge is 0.506 e. The summed E-state index contributed by atoms with van der Waals surface area (Å²) in [5, 5.41) is 9.78. The lowest BCUT2D eigenvalue weighted by Crippen LogP contribution is -1.99. The lowest BCUT2D eigenvalue weighted by molar-refractivity contribution is 0.409. The van der Waals surface area contributed by atoms with Crippen LogP contribution in [0.25, 0.3) is 0 Å². The van der Waals surface area contributed by atoms with Gasteiger partial charge in [0.05, 0.1) is 11.6 Å². The average Bonchev–Trinajstić information content (AvgIpc) is 2.24. The van der Waals surface area contributed by atoms with Gasteiger partial charge < -0.3 is 15.6 Å². The number of benzene rings is 1. The molecule has 0 fully saturated rings. The monoisotopic (exact) mass is 273 g/mol. The molecule has 0 bridgehead atoms. The number of aromatic hydroxyl groups is 1. The molecule has 15 heavy (non-hydrogen) atoms. The van der Waals surface area contributed by atoms with Crippen molar-refractivity contribution < 1.29 is 9.84 Å². The molecule has 0 aliphatic rings. The van der Waals surface area contributed by atoms with Gasteiger partial charge in [-0.15, -0.1) is 0 Å². The van der Waals surface area contributed by atoms with Gasteiger partial charge in [0.25, 0.3) is 0 Å². The van der Waals surface area contributed by atoms with Crippen molar-refractivity contribution in [2.24, 2.45) is 5.73 Å². The smallest absolute Gasteiger partial charge is 0.133 e. The second-order valence-electron chi connectivity index (χ2n) is 3.36. The number of hydrogen-bond acceptors (Lipinski definition) is 3. The SMILES string of the molecule is COc1cc(Br)c(O)c(CCCCN)c1. The van der Waals surface area contributed by atoms with E-state index in [0.29, 0.717) is 16.8 Å². The van der Waals surface area contributed by atoms with Crippen molar-refractivity contribution in [1.29, 1.82) is 0 Å². The molecule has 0 saturated heterocycles. The molecule has 0 unspecified atom stereocenters. The van der Waals surface area contributed by atoms with E-state index in [1.807, 2.05) is 6.07 Å². The first-order valence-electron chi connectivity index (χ1n) is 4.94. The van der Waals surface area contributed by atoms with Gasteiger partial charge >= 0.3 is 0 Å². The number of nitrogens with two attached hydrogens (primary N) is 1. The number of aryl methyl sites for hydroxylation is 1. The van der Waals surface area contributed by atoms with Crippen LogP contribution in [0.4, 0.5) is 0 Å². The van der Waals surface area contributed by atoms with Crippen molar-refractivity contribution >= 4 is 15.9 Å². The van der Waals surface area contributed by atoms with Crippen LogP contribution in [0.2, 0.25) is 0 Å². The highest BCUT2D eigenvalue weighted by Gasteiger charge is 2.08. The Kier molecular flexibility index (Phi) is 4.91. The summed E-state index contributed by atoms with van der Waals surface area (Å²) in [6, 6.07) is 3.61. The molecule has 0 spiro atoms. The van der Waals surface area contributed by atoms with Crippen LogP contribution >= 0.6 is 15.9 Å². The second kappa shape index (κ2) is 5.98. The highest BCUT2D eigenvalue weighted by atomic mass is 79.9. The predicted octanol–water partition coefficient (Wildman–Crippen LogP) is 2.44. The number of halogens is 1. The van der Waals surface area contributed by atoms with E-state index in [1.165, 1.54) is 0 Å². The normalized spacial score (nSPS) is 10.3. The van der Waals surface area contributed by atoms with Crippen molar-refractivity contribution in [2.75, 3.05) is 13.7 Å². The molecule has 0 saturated carbocycles. The van der Waals surface area contributed by atoms with Crippen LogP contribution in [0.1, 0.15) is 18.4 Å². The first-order chi connectivity index (χ1) is 7.19. The molecule has 0 atom stereocenters. The van der Waals surface area contributed by atoms with Crippen molar-refractivity contribution in [2.45, 2.75) is 19.3 Å². The minimum absolute atomic E-state index is 0.299. The third-order valence-electron chi connectivity index (χ3n) is 2.25. The van der Waals surface area contributed by atoms with E-state index in [9.17, 15) is 5.11 Å². The maximum absolute atomic E-state index is 9.78. The molecule has 0 heterocycles. The summed E-state index contributed by atoms with van der Waals surface area (Å²) in [5.74, 6) is 1.05. The molecule has 3 nitrogen and oxygen atoms in total. The summed E-state index contributed by atoms with van der Waals surface area (Å²) >= 11 is 3.29. The zero-order valence-electron chi connectivity index (χ0n) is 8.79. The molecule has 4 heteroatoms. The van der Waals surface area contributed by atoms with Gasteiger partial charge in [0.2, 0.25) is 0 Å². The lowest BCUT2D eigenvalue weighted by atomic mass is 10.1. The molecule has 0 aliphatic carbocycles. The van der Waals surface area contributed by atoms with Gasteiger partial charge in [-0.05, 0) is 59.4 Å². The van der Waals surface area contributed by atoms with Gasteiger partial charge in [-0.2, -0.15) is 0 Å². The Morgan fingerprint density at radius 2 is 2.13 bits per heavy atom. The third kappa shape index (κ3) is 3.39. The minimum atomic E-state index is 0.299. The fraction of sp³-hybridized carbons (Fsp3) is 0.455. The molecule has 0 aromatic heterocycles. The Morgan fingerprint density at radius 1 is 1.40 bits per heavy atom.